The Kier molecular flexibility index (Phi) is 3.82. The fraction of sp³-hybridized carbons (Fsp3) is 0.308. The molecule has 4 nitrogen and oxygen atoms in total. The molecule has 0 aliphatic heterocycles. The number of hydrogen-bond acceptors (Lipinski definition) is 3. The van der Waals surface area contributed by atoms with Crippen molar-refractivity contribution in [2.75, 3.05) is 12.4 Å². The zero-order valence-electron chi connectivity index (χ0n) is 10.5. The van der Waals surface area contributed by atoms with Crippen molar-refractivity contribution in [3.8, 4) is 5.75 Å². The van der Waals surface area contributed by atoms with Gasteiger partial charge in [0.05, 0.1) is 19.3 Å². The Labute approximate surface area is 105 Å². The fourth-order valence-electron chi connectivity index (χ4n) is 1.76. The van der Waals surface area contributed by atoms with Crippen molar-refractivity contribution in [1.29, 1.82) is 0 Å². The molecule has 1 aromatic carbocycles. The van der Waals surface area contributed by atoms with E-state index in [0.717, 1.165) is 17.9 Å². The van der Waals surface area contributed by atoms with Gasteiger partial charge in [0, 0.05) is 24.5 Å². The molecule has 0 saturated heterocycles. The van der Waals surface area contributed by atoms with Gasteiger partial charge in [0.1, 0.15) is 0 Å². The number of halogens is 1. The van der Waals surface area contributed by atoms with Gasteiger partial charge in [-0.3, -0.25) is 4.68 Å². The smallest absolute Gasteiger partial charge is 0.165 e. The van der Waals surface area contributed by atoms with Gasteiger partial charge in [-0.15, -0.1) is 0 Å². The summed E-state index contributed by atoms with van der Waals surface area (Å²) in [5.41, 5.74) is 1.90. The first-order valence-corrected chi connectivity index (χ1v) is 5.82. The number of anilines is 1. The first-order chi connectivity index (χ1) is 8.74. The molecule has 0 bridgehead atoms. The number of benzene rings is 1. The van der Waals surface area contributed by atoms with E-state index in [0.29, 0.717) is 6.54 Å². The Morgan fingerprint density at radius 2 is 2.22 bits per heavy atom. The largest absolute Gasteiger partial charge is 0.494 e. The summed E-state index contributed by atoms with van der Waals surface area (Å²) >= 11 is 0. The molecule has 0 atom stereocenters. The van der Waals surface area contributed by atoms with Crippen LogP contribution in [0.3, 0.4) is 0 Å². The van der Waals surface area contributed by atoms with Crippen molar-refractivity contribution >= 4 is 5.69 Å². The third-order valence-electron chi connectivity index (χ3n) is 2.73. The van der Waals surface area contributed by atoms with Crippen LogP contribution in [-0.2, 0) is 13.1 Å². The molecule has 0 amide bonds. The van der Waals surface area contributed by atoms with Gasteiger partial charge in [0.15, 0.2) is 11.6 Å². The second-order valence-electron chi connectivity index (χ2n) is 3.84. The molecule has 0 radical (unpaired) electrons. The topological polar surface area (TPSA) is 39.1 Å². The highest BCUT2D eigenvalue weighted by Gasteiger charge is 2.04. The fourth-order valence-corrected chi connectivity index (χ4v) is 1.76. The molecule has 2 rings (SSSR count). The predicted octanol–water partition coefficient (Wildman–Crippen LogP) is 2.66. The van der Waals surface area contributed by atoms with Crippen molar-refractivity contribution < 1.29 is 9.13 Å². The van der Waals surface area contributed by atoms with E-state index in [1.807, 2.05) is 17.7 Å². The number of ether oxygens (including phenoxy) is 1. The maximum atomic E-state index is 13.2. The summed E-state index contributed by atoms with van der Waals surface area (Å²) in [5, 5.41) is 7.40. The third kappa shape index (κ3) is 2.61. The maximum Gasteiger partial charge on any atom is 0.165 e. The lowest BCUT2D eigenvalue weighted by atomic mass is 10.3. The highest BCUT2D eigenvalue weighted by molar-refractivity contribution is 5.48. The highest BCUT2D eigenvalue weighted by Crippen LogP contribution is 2.21. The first-order valence-electron chi connectivity index (χ1n) is 5.82. The minimum Gasteiger partial charge on any atom is -0.494 e. The van der Waals surface area contributed by atoms with Crippen LogP contribution >= 0.6 is 0 Å². The quantitative estimate of drug-likeness (QED) is 0.885. The predicted molar refractivity (Wildman–Crippen MR) is 68.2 cm³/mol. The molecule has 1 heterocycles. The van der Waals surface area contributed by atoms with E-state index in [1.165, 1.54) is 13.2 Å². The van der Waals surface area contributed by atoms with Gasteiger partial charge < -0.3 is 10.1 Å². The summed E-state index contributed by atoms with van der Waals surface area (Å²) < 4.78 is 20.1. The average molecular weight is 249 g/mol. The Bertz CT molecular complexity index is 525. The lowest BCUT2D eigenvalue weighted by Gasteiger charge is -2.09. The van der Waals surface area contributed by atoms with Crippen LogP contribution in [0.2, 0.25) is 0 Å². The molecule has 2 aromatic rings. The van der Waals surface area contributed by atoms with Crippen LogP contribution in [0.25, 0.3) is 0 Å². The van der Waals surface area contributed by atoms with Gasteiger partial charge >= 0.3 is 0 Å². The van der Waals surface area contributed by atoms with Crippen LogP contribution in [-0.4, -0.2) is 16.9 Å². The first kappa shape index (κ1) is 12.4. The second-order valence-corrected chi connectivity index (χ2v) is 3.84. The summed E-state index contributed by atoms with van der Waals surface area (Å²) in [7, 11) is 1.45. The van der Waals surface area contributed by atoms with Gasteiger partial charge in [0.25, 0.3) is 0 Å². The minimum absolute atomic E-state index is 0.240. The zero-order valence-corrected chi connectivity index (χ0v) is 10.5. The molecule has 0 saturated carbocycles. The molecule has 18 heavy (non-hydrogen) atoms. The molecule has 1 aromatic heterocycles. The Hall–Kier alpha value is -2.04. The van der Waals surface area contributed by atoms with Crippen LogP contribution in [0.4, 0.5) is 10.1 Å². The number of hydrogen-bond donors (Lipinski definition) is 1. The Balaban J connectivity index is 2.06. The molecular formula is C13H16FN3O. The van der Waals surface area contributed by atoms with Crippen LogP contribution < -0.4 is 10.1 Å². The van der Waals surface area contributed by atoms with E-state index in [1.54, 1.807) is 18.3 Å². The SMILES string of the molecule is CCn1nccc1CNc1ccc(F)c(OC)c1. The van der Waals surface area contributed by atoms with E-state index in [2.05, 4.69) is 10.4 Å². The number of nitrogens with zero attached hydrogens (tertiary/aromatic N) is 2. The van der Waals surface area contributed by atoms with Gasteiger partial charge in [-0.05, 0) is 25.1 Å². The van der Waals surface area contributed by atoms with E-state index in [9.17, 15) is 4.39 Å². The monoisotopic (exact) mass is 249 g/mol. The standard InChI is InChI=1S/C13H16FN3O/c1-3-17-11(6-7-16-17)9-15-10-4-5-12(14)13(8-10)18-2/h4-8,15H,3,9H2,1-2H3. The van der Waals surface area contributed by atoms with E-state index < -0.39 is 0 Å². The van der Waals surface area contributed by atoms with Crippen LogP contribution in [0.1, 0.15) is 12.6 Å². The van der Waals surface area contributed by atoms with Gasteiger partial charge in [0.2, 0.25) is 0 Å². The molecule has 5 heteroatoms. The maximum absolute atomic E-state index is 13.2. The summed E-state index contributed by atoms with van der Waals surface area (Å²) in [6.07, 6.45) is 1.77. The minimum atomic E-state index is -0.360. The average Bonchev–Trinajstić information content (AvgIpc) is 2.85. The van der Waals surface area contributed by atoms with Crippen LogP contribution in [0.5, 0.6) is 5.75 Å². The van der Waals surface area contributed by atoms with E-state index in [-0.39, 0.29) is 11.6 Å². The van der Waals surface area contributed by atoms with Crippen LogP contribution in [0.15, 0.2) is 30.5 Å². The molecular weight excluding hydrogens is 233 g/mol. The highest BCUT2D eigenvalue weighted by atomic mass is 19.1. The van der Waals surface area contributed by atoms with Crippen molar-refractivity contribution in [1.82, 2.24) is 9.78 Å². The van der Waals surface area contributed by atoms with Gasteiger partial charge in [-0.25, -0.2) is 4.39 Å². The molecule has 0 fully saturated rings. The number of rotatable bonds is 5. The summed E-state index contributed by atoms with van der Waals surface area (Å²) in [4.78, 5) is 0. The van der Waals surface area contributed by atoms with Crippen molar-refractivity contribution in [3.63, 3.8) is 0 Å². The second kappa shape index (κ2) is 5.53. The Morgan fingerprint density at radius 3 is 2.94 bits per heavy atom. The van der Waals surface area contributed by atoms with Crippen LogP contribution in [0, 0.1) is 5.82 Å². The van der Waals surface area contributed by atoms with Crippen molar-refractivity contribution in [2.24, 2.45) is 0 Å². The summed E-state index contributed by atoms with van der Waals surface area (Å²) in [6, 6.07) is 6.67. The molecule has 1 N–H and O–H groups in total. The zero-order chi connectivity index (χ0) is 13.0. The Morgan fingerprint density at radius 1 is 1.39 bits per heavy atom. The number of aryl methyl sites for hydroxylation is 1. The third-order valence-corrected chi connectivity index (χ3v) is 2.73. The number of methoxy groups -OCH3 is 1. The molecule has 0 spiro atoms. The molecule has 0 unspecified atom stereocenters. The summed E-state index contributed by atoms with van der Waals surface area (Å²) in [5.74, 6) is -0.120. The van der Waals surface area contributed by atoms with E-state index >= 15 is 0 Å². The van der Waals surface area contributed by atoms with Gasteiger partial charge in [-0.1, -0.05) is 0 Å². The normalized spacial score (nSPS) is 10.4. The van der Waals surface area contributed by atoms with Crippen molar-refractivity contribution in [2.45, 2.75) is 20.0 Å². The number of aromatic nitrogens is 2. The van der Waals surface area contributed by atoms with Gasteiger partial charge in [-0.2, -0.15) is 5.10 Å². The lowest BCUT2D eigenvalue weighted by molar-refractivity contribution is 0.387. The van der Waals surface area contributed by atoms with E-state index in [4.69, 9.17) is 4.74 Å². The number of nitrogens with one attached hydrogen (secondary N) is 1. The summed E-state index contributed by atoms with van der Waals surface area (Å²) in [6.45, 7) is 3.51. The molecule has 0 aliphatic rings. The molecule has 0 aliphatic carbocycles. The van der Waals surface area contributed by atoms with Crippen molar-refractivity contribution in [3.05, 3.63) is 42.0 Å². The lowest BCUT2D eigenvalue weighted by Crippen LogP contribution is -2.07. The molecule has 96 valence electrons.